The lowest BCUT2D eigenvalue weighted by atomic mass is 9.85. The van der Waals surface area contributed by atoms with Crippen LogP contribution >= 0.6 is 0 Å². The van der Waals surface area contributed by atoms with E-state index in [0.717, 1.165) is 25.3 Å². The zero-order chi connectivity index (χ0) is 20.9. The molecule has 1 aromatic carbocycles. The summed E-state index contributed by atoms with van der Waals surface area (Å²) < 4.78 is 2.50. The number of benzene rings is 1. The first kappa shape index (κ1) is 21.5. The molecule has 30 heavy (non-hydrogen) atoms. The molecule has 0 saturated heterocycles. The Bertz CT molecular complexity index is 825. The van der Waals surface area contributed by atoms with Crippen LogP contribution in [0.3, 0.4) is 0 Å². The Morgan fingerprint density at radius 3 is 2.37 bits per heavy atom. The van der Waals surface area contributed by atoms with E-state index in [1.807, 2.05) is 0 Å². The lowest BCUT2D eigenvalue weighted by Crippen LogP contribution is -2.37. The molecule has 2 aliphatic rings. The Labute approximate surface area is 182 Å². The van der Waals surface area contributed by atoms with Crippen molar-refractivity contribution in [2.75, 3.05) is 0 Å². The quantitative estimate of drug-likeness (QED) is 0.537. The molecular weight excluding hydrogens is 368 g/mol. The normalized spacial score (nSPS) is 20.0. The summed E-state index contributed by atoms with van der Waals surface area (Å²) in [6.07, 6.45) is 16.0. The fourth-order valence-corrected chi connectivity index (χ4v) is 5.81. The highest BCUT2D eigenvalue weighted by molar-refractivity contribution is 5.86. The first-order valence-electron chi connectivity index (χ1n) is 12.5. The summed E-state index contributed by atoms with van der Waals surface area (Å²) in [5.74, 6) is 1.75. The molecule has 1 heterocycles. The number of nitrogens with zero attached hydrogens (tertiary/aromatic N) is 1. The molecule has 3 heteroatoms. The van der Waals surface area contributed by atoms with Crippen molar-refractivity contribution in [2.24, 2.45) is 11.8 Å². The average Bonchev–Trinajstić information content (AvgIpc) is 3.11. The van der Waals surface area contributed by atoms with Crippen LogP contribution in [0.5, 0.6) is 0 Å². The number of hydrogen-bond donors (Lipinski definition) is 1. The van der Waals surface area contributed by atoms with Crippen LogP contribution in [0.2, 0.25) is 0 Å². The number of carbonyl (C=O) groups excluding carboxylic acids is 1. The summed E-state index contributed by atoms with van der Waals surface area (Å²) in [4.78, 5) is 12.9. The molecule has 0 aliphatic heterocycles. The molecule has 4 rings (SSSR count). The van der Waals surface area contributed by atoms with Crippen molar-refractivity contribution >= 4 is 16.8 Å². The van der Waals surface area contributed by atoms with Gasteiger partial charge in [0, 0.05) is 36.1 Å². The highest BCUT2D eigenvalue weighted by Crippen LogP contribution is 2.36. The first-order chi connectivity index (χ1) is 14.6. The van der Waals surface area contributed by atoms with Crippen LogP contribution in [0.15, 0.2) is 30.5 Å². The van der Waals surface area contributed by atoms with Crippen molar-refractivity contribution in [2.45, 2.75) is 103 Å². The summed E-state index contributed by atoms with van der Waals surface area (Å²) in [5.41, 5.74) is 2.71. The van der Waals surface area contributed by atoms with E-state index in [1.54, 1.807) is 0 Å². The van der Waals surface area contributed by atoms with Crippen molar-refractivity contribution in [1.82, 2.24) is 9.88 Å². The summed E-state index contributed by atoms with van der Waals surface area (Å²) in [7, 11) is 0. The minimum absolute atomic E-state index is 0.240. The fraction of sp³-hybridized carbons (Fsp3) is 0.667. The minimum atomic E-state index is 0.240. The molecule has 1 atom stereocenters. The monoisotopic (exact) mass is 408 g/mol. The van der Waals surface area contributed by atoms with Gasteiger partial charge in [-0.25, -0.2) is 0 Å². The zero-order valence-corrected chi connectivity index (χ0v) is 19.0. The summed E-state index contributed by atoms with van der Waals surface area (Å²) >= 11 is 0. The smallest absolute Gasteiger partial charge is 0.220 e. The molecule has 164 valence electrons. The van der Waals surface area contributed by atoms with Crippen LogP contribution in [0, 0.1) is 11.8 Å². The zero-order valence-electron chi connectivity index (χ0n) is 19.0. The fourth-order valence-electron chi connectivity index (χ4n) is 5.81. The maximum atomic E-state index is 12.9. The van der Waals surface area contributed by atoms with Gasteiger partial charge in [0.1, 0.15) is 0 Å². The third-order valence-electron chi connectivity index (χ3n) is 7.58. The third kappa shape index (κ3) is 5.10. The molecule has 2 fully saturated rings. The topological polar surface area (TPSA) is 34.0 Å². The maximum absolute atomic E-state index is 12.9. The molecule has 2 saturated carbocycles. The van der Waals surface area contributed by atoms with Gasteiger partial charge in [-0.05, 0) is 55.1 Å². The highest BCUT2D eigenvalue weighted by Gasteiger charge is 2.26. The number of amides is 1. The van der Waals surface area contributed by atoms with Gasteiger partial charge >= 0.3 is 0 Å². The molecule has 1 N–H and O–H groups in total. The van der Waals surface area contributed by atoms with E-state index in [9.17, 15) is 4.79 Å². The number of carbonyl (C=O) groups is 1. The highest BCUT2D eigenvalue weighted by atomic mass is 16.1. The van der Waals surface area contributed by atoms with E-state index in [1.165, 1.54) is 67.8 Å². The van der Waals surface area contributed by atoms with Crippen LogP contribution in [0.4, 0.5) is 0 Å². The predicted octanol–water partition coefficient (Wildman–Crippen LogP) is 6.80. The second-order valence-electron chi connectivity index (χ2n) is 10.2. The van der Waals surface area contributed by atoms with Gasteiger partial charge < -0.3 is 9.88 Å². The molecule has 2 aromatic rings. The van der Waals surface area contributed by atoms with Crippen molar-refractivity contribution in [1.29, 1.82) is 0 Å². The number of nitrogens with one attached hydrogen (secondary N) is 1. The number of hydrogen-bond acceptors (Lipinski definition) is 1. The molecule has 1 aromatic heterocycles. The van der Waals surface area contributed by atoms with Gasteiger partial charge in [-0.1, -0.05) is 70.6 Å². The molecule has 2 aliphatic carbocycles. The van der Waals surface area contributed by atoms with E-state index < -0.39 is 0 Å². The van der Waals surface area contributed by atoms with Crippen LogP contribution in [0.1, 0.15) is 96.0 Å². The molecule has 3 nitrogen and oxygen atoms in total. The van der Waals surface area contributed by atoms with E-state index in [4.69, 9.17) is 0 Å². The van der Waals surface area contributed by atoms with Gasteiger partial charge in [0.25, 0.3) is 0 Å². The Morgan fingerprint density at radius 1 is 1.00 bits per heavy atom. The van der Waals surface area contributed by atoms with Crippen LogP contribution in [0.25, 0.3) is 10.9 Å². The largest absolute Gasteiger partial charge is 0.353 e. The van der Waals surface area contributed by atoms with Gasteiger partial charge in [0.15, 0.2) is 0 Å². The van der Waals surface area contributed by atoms with Gasteiger partial charge in [-0.15, -0.1) is 0 Å². The average molecular weight is 409 g/mol. The van der Waals surface area contributed by atoms with Crippen molar-refractivity contribution in [3.8, 4) is 0 Å². The Kier molecular flexibility index (Phi) is 7.17. The maximum Gasteiger partial charge on any atom is 0.220 e. The van der Waals surface area contributed by atoms with E-state index in [-0.39, 0.29) is 11.8 Å². The number of fused-ring (bicyclic) bond motifs is 1. The van der Waals surface area contributed by atoms with E-state index >= 15 is 0 Å². The first-order valence-corrected chi connectivity index (χ1v) is 12.5. The van der Waals surface area contributed by atoms with Crippen LogP contribution in [-0.2, 0) is 11.3 Å². The van der Waals surface area contributed by atoms with E-state index in [2.05, 4.69) is 54.2 Å². The molecule has 1 unspecified atom stereocenters. The Balaban J connectivity index is 1.54. The third-order valence-corrected chi connectivity index (χ3v) is 7.58. The molecule has 0 radical (unpaired) electrons. The number of rotatable bonds is 7. The lowest BCUT2D eigenvalue weighted by molar-refractivity contribution is -0.122. The SMILES string of the molecule is CC(C)C(CC(=O)NC1CCCCC1)c1cn(CC2CCCCC2)c2ccccc12. The standard InChI is InChI=1S/C27H40N2O/c1-20(2)24(17-27(30)28-22-13-7-4-8-14-22)25-19-29(18-21-11-5-3-6-12-21)26-16-10-9-15-23(25)26/h9-10,15-16,19-22,24H,3-8,11-14,17-18H2,1-2H3,(H,28,30). The second kappa shape index (κ2) is 10.0. The van der Waals surface area contributed by atoms with Crippen molar-refractivity contribution in [3.63, 3.8) is 0 Å². The van der Waals surface area contributed by atoms with Gasteiger partial charge in [-0.2, -0.15) is 0 Å². The van der Waals surface area contributed by atoms with Crippen LogP contribution in [-0.4, -0.2) is 16.5 Å². The van der Waals surface area contributed by atoms with E-state index in [0.29, 0.717) is 18.4 Å². The number of aromatic nitrogens is 1. The summed E-state index contributed by atoms with van der Waals surface area (Å²) in [6.45, 7) is 5.66. The van der Waals surface area contributed by atoms with Gasteiger partial charge in [-0.3, -0.25) is 4.79 Å². The van der Waals surface area contributed by atoms with Crippen molar-refractivity contribution < 1.29 is 4.79 Å². The summed E-state index contributed by atoms with van der Waals surface area (Å²) in [5, 5.41) is 4.69. The molecule has 0 spiro atoms. The van der Waals surface area contributed by atoms with Gasteiger partial charge in [0.05, 0.1) is 0 Å². The van der Waals surface area contributed by atoms with Crippen LogP contribution < -0.4 is 5.32 Å². The predicted molar refractivity (Wildman–Crippen MR) is 126 cm³/mol. The number of para-hydroxylation sites is 1. The van der Waals surface area contributed by atoms with Crippen molar-refractivity contribution in [3.05, 3.63) is 36.0 Å². The Morgan fingerprint density at radius 2 is 1.67 bits per heavy atom. The molecule has 0 bridgehead atoms. The van der Waals surface area contributed by atoms with Gasteiger partial charge in [0.2, 0.25) is 5.91 Å². The minimum Gasteiger partial charge on any atom is -0.353 e. The summed E-state index contributed by atoms with van der Waals surface area (Å²) in [6, 6.07) is 9.23. The Hall–Kier alpha value is -1.77. The lowest BCUT2D eigenvalue weighted by Gasteiger charge is -2.25. The molecular formula is C27H40N2O. The second-order valence-corrected chi connectivity index (χ2v) is 10.2. The molecule has 1 amide bonds.